The third-order valence-corrected chi connectivity index (χ3v) is 6.90. The van der Waals surface area contributed by atoms with Crippen molar-refractivity contribution in [2.45, 2.75) is 57.4 Å². The molecule has 0 bridgehead atoms. The molecular formula is C26H29ClN4O5. The van der Waals surface area contributed by atoms with Gasteiger partial charge < -0.3 is 15.5 Å². The molecule has 4 rings (SSSR count). The van der Waals surface area contributed by atoms with Crippen LogP contribution in [0.4, 0.5) is 0 Å². The molecular weight excluding hydrogens is 484 g/mol. The molecule has 190 valence electrons. The number of amides is 1. The van der Waals surface area contributed by atoms with Gasteiger partial charge in [0.15, 0.2) is 0 Å². The molecule has 1 aliphatic carbocycles. The minimum Gasteiger partial charge on any atom is -0.387 e. The molecule has 2 aromatic carbocycles. The van der Waals surface area contributed by atoms with Crippen molar-refractivity contribution in [3.8, 4) is 5.69 Å². The number of rotatable bonds is 7. The number of aromatic nitrogens is 3. The summed E-state index contributed by atoms with van der Waals surface area (Å²) in [5.74, 6) is -0.596. The Kier molecular flexibility index (Phi) is 8.35. The van der Waals surface area contributed by atoms with Crippen molar-refractivity contribution in [3.63, 3.8) is 0 Å². The van der Waals surface area contributed by atoms with Gasteiger partial charge in [0.2, 0.25) is 0 Å². The number of nitrogens with one attached hydrogen (secondary N) is 1. The lowest BCUT2D eigenvalue weighted by atomic mass is 9.98. The second-order valence-corrected chi connectivity index (χ2v) is 9.46. The SMILES string of the molecule is O=C(NC(O)C1CCCCCC1)c1cc(-n2ncc(=O)n(CC(O)c3ccccc3)c2=O)ccc1Cl. The fourth-order valence-electron chi connectivity index (χ4n) is 4.51. The van der Waals surface area contributed by atoms with Crippen LogP contribution in [0.3, 0.4) is 0 Å². The summed E-state index contributed by atoms with van der Waals surface area (Å²) < 4.78 is 1.85. The van der Waals surface area contributed by atoms with Crippen LogP contribution in [-0.4, -0.2) is 36.7 Å². The molecule has 1 fully saturated rings. The molecule has 2 unspecified atom stereocenters. The molecule has 0 radical (unpaired) electrons. The molecule has 36 heavy (non-hydrogen) atoms. The molecule has 1 heterocycles. The number of aliphatic hydroxyl groups is 2. The van der Waals surface area contributed by atoms with Crippen LogP contribution in [0.25, 0.3) is 5.69 Å². The van der Waals surface area contributed by atoms with E-state index in [1.165, 1.54) is 18.2 Å². The highest BCUT2D eigenvalue weighted by atomic mass is 35.5. The summed E-state index contributed by atoms with van der Waals surface area (Å²) in [6.07, 6.45) is 4.84. The van der Waals surface area contributed by atoms with Crippen molar-refractivity contribution in [2.75, 3.05) is 0 Å². The van der Waals surface area contributed by atoms with E-state index in [0.29, 0.717) is 5.56 Å². The fraction of sp³-hybridized carbons (Fsp3) is 0.385. The average Bonchev–Trinajstić information content (AvgIpc) is 3.17. The first kappa shape index (κ1) is 25.8. The van der Waals surface area contributed by atoms with Crippen LogP contribution in [0.2, 0.25) is 5.02 Å². The summed E-state index contributed by atoms with van der Waals surface area (Å²) in [4.78, 5) is 38.4. The van der Waals surface area contributed by atoms with Gasteiger partial charge in [-0.3, -0.25) is 14.2 Å². The fourth-order valence-corrected chi connectivity index (χ4v) is 4.71. The molecule has 10 heteroatoms. The highest BCUT2D eigenvalue weighted by Gasteiger charge is 2.24. The number of nitrogens with zero attached hydrogens (tertiary/aromatic N) is 3. The number of benzene rings is 2. The third-order valence-electron chi connectivity index (χ3n) is 6.57. The quantitative estimate of drug-likeness (QED) is 0.330. The van der Waals surface area contributed by atoms with E-state index in [1.54, 1.807) is 30.3 Å². The normalized spacial score (nSPS) is 16.2. The molecule has 3 aromatic rings. The van der Waals surface area contributed by atoms with Crippen LogP contribution in [0.1, 0.15) is 60.6 Å². The maximum Gasteiger partial charge on any atom is 0.352 e. The number of aliphatic hydroxyl groups excluding tert-OH is 2. The Balaban J connectivity index is 1.59. The minimum absolute atomic E-state index is 0.0257. The van der Waals surface area contributed by atoms with E-state index in [9.17, 15) is 24.6 Å². The number of hydrogen-bond acceptors (Lipinski definition) is 6. The van der Waals surface area contributed by atoms with Gasteiger partial charge in [0.25, 0.3) is 11.5 Å². The van der Waals surface area contributed by atoms with E-state index in [4.69, 9.17) is 11.6 Å². The Hall–Kier alpha value is -3.27. The second kappa shape index (κ2) is 11.6. The van der Waals surface area contributed by atoms with Gasteiger partial charge in [0, 0.05) is 5.92 Å². The number of halogens is 1. The van der Waals surface area contributed by atoms with Crippen molar-refractivity contribution in [1.82, 2.24) is 19.7 Å². The largest absolute Gasteiger partial charge is 0.387 e. The van der Waals surface area contributed by atoms with Gasteiger partial charge in [0.1, 0.15) is 12.4 Å². The van der Waals surface area contributed by atoms with Crippen molar-refractivity contribution in [2.24, 2.45) is 5.92 Å². The Morgan fingerprint density at radius 2 is 1.75 bits per heavy atom. The third kappa shape index (κ3) is 5.92. The van der Waals surface area contributed by atoms with Crippen molar-refractivity contribution >= 4 is 17.5 Å². The smallest absolute Gasteiger partial charge is 0.352 e. The van der Waals surface area contributed by atoms with E-state index in [-0.39, 0.29) is 28.7 Å². The van der Waals surface area contributed by atoms with Crippen LogP contribution >= 0.6 is 11.6 Å². The van der Waals surface area contributed by atoms with Gasteiger partial charge in [-0.25, -0.2) is 4.79 Å². The molecule has 0 saturated heterocycles. The van der Waals surface area contributed by atoms with Crippen LogP contribution in [0.5, 0.6) is 0 Å². The van der Waals surface area contributed by atoms with Gasteiger partial charge in [-0.2, -0.15) is 9.78 Å². The van der Waals surface area contributed by atoms with Gasteiger partial charge in [0.05, 0.1) is 28.9 Å². The predicted molar refractivity (Wildman–Crippen MR) is 135 cm³/mol. The van der Waals surface area contributed by atoms with E-state index in [0.717, 1.165) is 54.0 Å². The van der Waals surface area contributed by atoms with Gasteiger partial charge in [-0.1, -0.05) is 67.6 Å². The first-order valence-corrected chi connectivity index (χ1v) is 12.4. The minimum atomic E-state index is -1.08. The molecule has 3 N–H and O–H groups in total. The maximum atomic E-state index is 13.1. The lowest BCUT2D eigenvalue weighted by molar-refractivity contribution is 0.0532. The molecule has 1 saturated carbocycles. The molecule has 1 aromatic heterocycles. The summed E-state index contributed by atoms with van der Waals surface area (Å²) in [5.41, 5.74) is -0.599. The van der Waals surface area contributed by atoms with Crippen molar-refractivity contribution in [1.29, 1.82) is 0 Å². The predicted octanol–water partition coefficient (Wildman–Crippen LogP) is 2.80. The molecule has 0 spiro atoms. The summed E-state index contributed by atoms with van der Waals surface area (Å²) >= 11 is 6.27. The summed E-state index contributed by atoms with van der Waals surface area (Å²) in [5, 5.41) is 27.8. The zero-order valence-corrected chi connectivity index (χ0v) is 20.5. The second-order valence-electron chi connectivity index (χ2n) is 9.05. The standard InChI is InChI=1S/C26H29ClN4O5/c27-21-13-12-19(14-20(21)25(35)29-24(34)18-10-4-1-2-5-11-18)31-26(36)30(23(33)15-28-31)16-22(32)17-8-6-3-7-9-17/h3,6-9,12-15,18,22,24,32,34H,1-2,4-5,10-11,16H2,(H,29,35). The van der Waals surface area contributed by atoms with Crippen LogP contribution < -0.4 is 16.6 Å². The van der Waals surface area contributed by atoms with E-state index >= 15 is 0 Å². The molecule has 1 amide bonds. The van der Waals surface area contributed by atoms with Crippen LogP contribution in [0.15, 0.2) is 64.3 Å². The van der Waals surface area contributed by atoms with Crippen molar-refractivity contribution < 1.29 is 15.0 Å². The Bertz CT molecular complexity index is 1320. The van der Waals surface area contributed by atoms with E-state index in [2.05, 4.69) is 10.4 Å². The lowest BCUT2D eigenvalue weighted by Gasteiger charge is -2.22. The lowest BCUT2D eigenvalue weighted by Crippen LogP contribution is -2.41. The highest BCUT2D eigenvalue weighted by Crippen LogP contribution is 2.25. The van der Waals surface area contributed by atoms with Crippen molar-refractivity contribution in [3.05, 3.63) is 91.7 Å². The average molecular weight is 513 g/mol. The highest BCUT2D eigenvalue weighted by molar-refractivity contribution is 6.33. The van der Waals surface area contributed by atoms with Crippen LogP contribution in [0, 0.1) is 5.92 Å². The topological polar surface area (TPSA) is 126 Å². The zero-order valence-electron chi connectivity index (χ0n) is 19.7. The first-order chi connectivity index (χ1) is 17.3. The number of carbonyl (C=O) groups excluding carboxylic acids is 1. The molecule has 1 aliphatic rings. The Morgan fingerprint density at radius 3 is 2.44 bits per heavy atom. The van der Waals surface area contributed by atoms with Gasteiger partial charge in [-0.15, -0.1) is 0 Å². The Labute approximate surface area is 213 Å². The summed E-state index contributed by atoms with van der Waals surface area (Å²) in [7, 11) is 0. The van der Waals surface area contributed by atoms with Gasteiger partial charge in [-0.05, 0) is 36.6 Å². The Morgan fingerprint density at radius 1 is 1.06 bits per heavy atom. The molecule has 9 nitrogen and oxygen atoms in total. The monoisotopic (exact) mass is 512 g/mol. The van der Waals surface area contributed by atoms with E-state index < -0.39 is 29.5 Å². The first-order valence-electron chi connectivity index (χ1n) is 12.1. The van der Waals surface area contributed by atoms with E-state index in [1.807, 2.05) is 0 Å². The summed E-state index contributed by atoms with van der Waals surface area (Å²) in [6.45, 7) is -0.265. The summed E-state index contributed by atoms with van der Waals surface area (Å²) in [6, 6.07) is 13.0. The number of carbonyl (C=O) groups is 1. The number of hydrogen-bond donors (Lipinski definition) is 3. The zero-order chi connectivity index (χ0) is 25.7. The molecule has 2 atom stereocenters. The van der Waals surface area contributed by atoms with Gasteiger partial charge >= 0.3 is 5.69 Å². The van der Waals surface area contributed by atoms with Crippen LogP contribution in [-0.2, 0) is 6.54 Å². The molecule has 0 aliphatic heterocycles. The maximum absolute atomic E-state index is 13.1.